The molecule has 2 aromatic carbocycles. The van der Waals surface area contributed by atoms with E-state index < -0.39 is 47.1 Å². The fourth-order valence-electron chi connectivity index (χ4n) is 5.40. The van der Waals surface area contributed by atoms with Crippen LogP contribution in [-0.4, -0.2) is 88.9 Å². The second kappa shape index (κ2) is 17.0. The smallest absolute Gasteiger partial charge is 0.407 e. The molecule has 1 aliphatic heterocycles. The van der Waals surface area contributed by atoms with Gasteiger partial charge in [0, 0.05) is 19.5 Å². The molecule has 51 heavy (non-hydrogen) atoms. The Morgan fingerprint density at radius 1 is 0.961 bits per heavy atom. The van der Waals surface area contributed by atoms with E-state index in [1.54, 1.807) is 56.4 Å². The van der Waals surface area contributed by atoms with Gasteiger partial charge in [0.1, 0.15) is 35.8 Å². The van der Waals surface area contributed by atoms with Gasteiger partial charge in [-0.15, -0.1) is 11.3 Å². The van der Waals surface area contributed by atoms with Crippen LogP contribution < -0.4 is 25.4 Å². The number of carbonyl (C=O) groups excluding carboxylic acids is 4. The molecule has 3 aromatic rings. The number of likely N-dealkylation sites (tertiary alicyclic amines) is 1. The molecule has 276 valence electrons. The van der Waals surface area contributed by atoms with Crippen molar-refractivity contribution in [3.63, 3.8) is 0 Å². The molecular weight excluding hydrogens is 675 g/mol. The number of nitrogens with one attached hydrogen (secondary N) is 3. The third kappa shape index (κ3) is 11.7. The molecule has 2 heterocycles. The first kappa shape index (κ1) is 39.1. The first-order valence-electron chi connectivity index (χ1n) is 16.9. The summed E-state index contributed by atoms with van der Waals surface area (Å²) < 4.78 is 16.5. The molecule has 1 saturated heterocycles. The molecular formula is C37H49N5O8S. The Kier molecular flexibility index (Phi) is 13.0. The van der Waals surface area contributed by atoms with Crippen LogP contribution in [-0.2, 0) is 25.7 Å². The number of ether oxygens (including phenoxy) is 3. The molecule has 1 fully saturated rings. The van der Waals surface area contributed by atoms with E-state index in [9.17, 15) is 24.3 Å². The number of thiazole rings is 1. The van der Waals surface area contributed by atoms with E-state index in [2.05, 4.69) is 20.9 Å². The number of aliphatic hydroxyl groups excluding tert-OH is 1. The topological polar surface area (TPSA) is 168 Å². The van der Waals surface area contributed by atoms with Gasteiger partial charge in [-0.2, -0.15) is 0 Å². The maximum absolute atomic E-state index is 13.9. The van der Waals surface area contributed by atoms with Crippen molar-refractivity contribution >= 4 is 35.2 Å². The number of amides is 4. The van der Waals surface area contributed by atoms with Gasteiger partial charge in [0.2, 0.25) is 11.8 Å². The quantitative estimate of drug-likeness (QED) is 0.189. The van der Waals surface area contributed by atoms with Gasteiger partial charge in [0.15, 0.2) is 6.61 Å². The molecule has 3 atom stereocenters. The number of hydrogen-bond acceptors (Lipinski definition) is 10. The van der Waals surface area contributed by atoms with Gasteiger partial charge >= 0.3 is 6.09 Å². The van der Waals surface area contributed by atoms with Crippen LogP contribution in [0.15, 0.2) is 54.0 Å². The Labute approximate surface area is 303 Å². The fraction of sp³-hybridized carbons (Fsp3) is 0.486. The molecule has 1 aliphatic rings. The third-order valence-electron chi connectivity index (χ3n) is 7.94. The number of benzene rings is 2. The lowest BCUT2D eigenvalue weighted by Crippen LogP contribution is -2.58. The van der Waals surface area contributed by atoms with Gasteiger partial charge in [-0.1, -0.05) is 45.0 Å². The van der Waals surface area contributed by atoms with E-state index in [0.717, 1.165) is 21.7 Å². The average molecular weight is 724 g/mol. The molecule has 0 bridgehead atoms. The molecule has 0 spiro atoms. The van der Waals surface area contributed by atoms with E-state index in [0.29, 0.717) is 11.5 Å². The molecule has 4 N–H and O–H groups in total. The Bertz CT molecular complexity index is 1650. The highest BCUT2D eigenvalue weighted by atomic mass is 32.1. The first-order valence-corrected chi connectivity index (χ1v) is 17.8. The summed E-state index contributed by atoms with van der Waals surface area (Å²) in [6.45, 7) is 13.1. The normalized spacial score (nSPS) is 16.6. The van der Waals surface area contributed by atoms with Crippen LogP contribution in [0.25, 0.3) is 10.4 Å². The van der Waals surface area contributed by atoms with E-state index in [4.69, 9.17) is 14.2 Å². The van der Waals surface area contributed by atoms with E-state index >= 15 is 0 Å². The third-order valence-corrected chi connectivity index (χ3v) is 8.92. The van der Waals surface area contributed by atoms with Crippen LogP contribution in [0.3, 0.4) is 0 Å². The molecule has 1 aromatic heterocycles. The summed E-state index contributed by atoms with van der Waals surface area (Å²) in [6, 6.07) is 12.6. The number of nitrogens with zero attached hydrogens (tertiary/aromatic N) is 2. The number of aliphatic hydroxyl groups is 1. The zero-order valence-corrected chi connectivity index (χ0v) is 31.1. The molecule has 0 radical (unpaired) electrons. The summed E-state index contributed by atoms with van der Waals surface area (Å²) in [5.41, 5.74) is 3.41. The van der Waals surface area contributed by atoms with Crippen molar-refractivity contribution in [1.29, 1.82) is 0 Å². The van der Waals surface area contributed by atoms with Crippen molar-refractivity contribution in [2.24, 2.45) is 5.41 Å². The SMILES string of the molecule is Cc1ncsc1-c1ccc(CNC(=O)[C@@H]2C[C@@H](O)CN2C(=O)[C@@H](NC(=O)COc2ccc(OCCNC(=O)OC(C)(C)C)cc2)C(C)(C)C)cc1. The highest BCUT2D eigenvalue weighted by Gasteiger charge is 2.44. The van der Waals surface area contributed by atoms with E-state index in [1.807, 2.05) is 57.5 Å². The Hall–Kier alpha value is -4.69. The summed E-state index contributed by atoms with van der Waals surface area (Å²) in [6.07, 6.45) is -1.31. The predicted octanol–water partition coefficient (Wildman–Crippen LogP) is 4.21. The summed E-state index contributed by atoms with van der Waals surface area (Å²) in [5.74, 6) is -0.400. The summed E-state index contributed by atoms with van der Waals surface area (Å²) in [7, 11) is 0. The first-order chi connectivity index (χ1) is 24.0. The minimum Gasteiger partial charge on any atom is -0.492 e. The van der Waals surface area contributed by atoms with Gasteiger partial charge in [-0.3, -0.25) is 14.4 Å². The Morgan fingerprint density at radius 2 is 1.61 bits per heavy atom. The minimum atomic E-state index is -0.984. The average Bonchev–Trinajstić information content (AvgIpc) is 3.68. The Morgan fingerprint density at radius 3 is 2.20 bits per heavy atom. The highest BCUT2D eigenvalue weighted by molar-refractivity contribution is 7.13. The monoisotopic (exact) mass is 723 g/mol. The predicted molar refractivity (Wildman–Crippen MR) is 193 cm³/mol. The van der Waals surface area contributed by atoms with Gasteiger partial charge in [-0.05, 0) is 68.5 Å². The van der Waals surface area contributed by atoms with Crippen LogP contribution in [0.4, 0.5) is 4.79 Å². The van der Waals surface area contributed by atoms with Crippen molar-refractivity contribution in [3.8, 4) is 21.9 Å². The van der Waals surface area contributed by atoms with Gasteiger partial charge in [0.05, 0.1) is 28.7 Å². The number of carbonyl (C=O) groups is 4. The van der Waals surface area contributed by atoms with Crippen LogP contribution in [0.2, 0.25) is 0 Å². The summed E-state index contributed by atoms with van der Waals surface area (Å²) in [5, 5.41) is 18.8. The van der Waals surface area contributed by atoms with Crippen molar-refractivity contribution in [1.82, 2.24) is 25.8 Å². The molecule has 0 unspecified atom stereocenters. The van der Waals surface area contributed by atoms with Gasteiger partial charge < -0.3 is 40.2 Å². The number of alkyl carbamates (subject to hydrolysis) is 1. The molecule has 4 rings (SSSR count). The highest BCUT2D eigenvalue weighted by Crippen LogP contribution is 2.28. The van der Waals surface area contributed by atoms with Crippen LogP contribution in [0.1, 0.15) is 59.2 Å². The summed E-state index contributed by atoms with van der Waals surface area (Å²) >= 11 is 1.57. The number of rotatable bonds is 13. The molecule has 0 aliphatic carbocycles. The fourth-order valence-corrected chi connectivity index (χ4v) is 6.21. The molecule has 4 amide bonds. The lowest BCUT2D eigenvalue weighted by Gasteiger charge is -2.35. The number of aromatic nitrogens is 1. The zero-order chi connectivity index (χ0) is 37.3. The van der Waals surface area contributed by atoms with Crippen LogP contribution >= 0.6 is 11.3 Å². The van der Waals surface area contributed by atoms with Crippen molar-refractivity contribution in [2.45, 2.75) is 85.2 Å². The lowest BCUT2D eigenvalue weighted by molar-refractivity contribution is -0.144. The maximum Gasteiger partial charge on any atom is 0.407 e. The zero-order valence-electron chi connectivity index (χ0n) is 30.3. The van der Waals surface area contributed by atoms with Crippen molar-refractivity contribution in [2.75, 3.05) is 26.3 Å². The second-order valence-corrected chi connectivity index (χ2v) is 15.3. The molecule has 13 nitrogen and oxygen atoms in total. The van der Waals surface area contributed by atoms with Gasteiger partial charge in [0.25, 0.3) is 5.91 Å². The number of β-amino-alcohol motifs (C(OH)–C–C–N with tert-alkyl or cyclic N) is 1. The van der Waals surface area contributed by atoms with Crippen molar-refractivity contribution < 1.29 is 38.5 Å². The molecule has 0 saturated carbocycles. The molecule has 14 heteroatoms. The van der Waals surface area contributed by atoms with E-state index in [-0.39, 0.29) is 45.2 Å². The van der Waals surface area contributed by atoms with Crippen LogP contribution in [0, 0.1) is 12.3 Å². The van der Waals surface area contributed by atoms with Gasteiger partial charge in [-0.25, -0.2) is 9.78 Å². The van der Waals surface area contributed by atoms with Crippen molar-refractivity contribution in [3.05, 3.63) is 65.3 Å². The van der Waals surface area contributed by atoms with E-state index in [1.165, 1.54) is 4.90 Å². The number of hydrogen-bond donors (Lipinski definition) is 4. The maximum atomic E-state index is 13.9. The number of aryl methyl sites for hydroxylation is 1. The lowest BCUT2D eigenvalue weighted by atomic mass is 9.85. The van der Waals surface area contributed by atoms with Crippen LogP contribution in [0.5, 0.6) is 11.5 Å². The second-order valence-electron chi connectivity index (χ2n) is 14.5. The Balaban J connectivity index is 1.27. The largest absolute Gasteiger partial charge is 0.492 e. The minimum absolute atomic E-state index is 0.0236. The summed E-state index contributed by atoms with van der Waals surface area (Å²) in [4.78, 5) is 58.7. The standard InChI is InChI=1S/C37H49N5O8S/c1-23-31(51-22-40-23)25-10-8-24(9-11-25)19-39-33(45)29-18-26(43)20-42(29)34(46)32(36(2,3)4)41-30(44)21-49-28-14-12-27(13-15-28)48-17-16-38-35(47)50-37(5,6)7/h8-15,22,26,29,32,43H,16-21H2,1-7H3,(H,38,47)(H,39,45)(H,41,44)/t26-,29+,32-/m1/s1.